The van der Waals surface area contributed by atoms with Crippen LogP contribution in [0.5, 0.6) is 5.75 Å². The minimum atomic E-state index is -0.343. The second kappa shape index (κ2) is 2.99. The molecule has 0 spiro atoms. The predicted octanol–water partition coefficient (Wildman–Crippen LogP) is 0.883. The van der Waals surface area contributed by atoms with E-state index in [9.17, 15) is 9.90 Å². The number of aromatic nitrogens is 1. The summed E-state index contributed by atoms with van der Waals surface area (Å²) < 4.78 is 0. The van der Waals surface area contributed by atoms with E-state index in [1.165, 1.54) is 18.2 Å². The van der Waals surface area contributed by atoms with E-state index in [0.717, 1.165) is 0 Å². The number of hydrogen-bond donors (Lipinski definition) is 2. The van der Waals surface area contributed by atoms with Gasteiger partial charge in [0.2, 0.25) is 0 Å². The van der Waals surface area contributed by atoms with Crippen LogP contribution in [0.4, 0.5) is 5.69 Å². The largest absolute Gasteiger partial charge is 0.505 e. The van der Waals surface area contributed by atoms with Gasteiger partial charge in [-0.2, -0.15) is 0 Å². The Morgan fingerprint density at radius 2 is 2.00 bits per heavy atom. The molecule has 0 aliphatic rings. The smallest absolute Gasteiger partial charge is 0.270 e. The predicted molar refractivity (Wildman–Crippen MR) is 54.1 cm³/mol. The molecular weight excluding hydrogens is 180 g/mol. The van der Waals surface area contributed by atoms with Crippen LogP contribution in [-0.4, -0.2) is 10.1 Å². The van der Waals surface area contributed by atoms with Gasteiger partial charge >= 0.3 is 0 Å². The Labute approximate surface area is 79.6 Å². The van der Waals surface area contributed by atoms with Crippen molar-refractivity contribution in [1.29, 1.82) is 0 Å². The number of anilines is 1. The number of nitrogen functional groups attached to an aromatic ring is 1. The summed E-state index contributed by atoms with van der Waals surface area (Å²) in [5, 5.41) is 10.1. The molecule has 14 heavy (non-hydrogen) atoms. The summed E-state index contributed by atoms with van der Waals surface area (Å²) in [7, 11) is 0. The van der Waals surface area contributed by atoms with Crippen LogP contribution in [0.3, 0.4) is 0 Å². The first-order valence-corrected chi connectivity index (χ1v) is 4.07. The van der Waals surface area contributed by atoms with Crippen molar-refractivity contribution in [3.8, 4) is 5.75 Å². The lowest BCUT2D eigenvalue weighted by Gasteiger charge is -1.99. The molecule has 0 saturated heterocycles. The van der Waals surface area contributed by atoms with Crippen LogP contribution in [0.15, 0.2) is 35.1 Å². The molecular formula is C10H8N2O2. The fourth-order valence-electron chi connectivity index (χ4n) is 1.26. The second-order valence-electron chi connectivity index (χ2n) is 2.91. The van der Waals surface area contributed by atoms with Gasteiger partial charge in [-0.1, -0.05) is 6.07 Å². The van der Waals surface area contributed by atoms with Crippen LogP contribution in [0.1, 0.15) is 0 Å². The zero-order valence-corrected chi connectivity index (χ0v) is 7.27. The third-order valence-electron chi connectivity index (χ3n) is 1.96. The van der Waals surface area contributed by atoms with Crippen LogP contribution < -0.4 is 11.3 Å². The lowest BCUT2D eigenvalue weighted by atomic mass is 10.2. The number of phenols is 1. The van der Waals surface area contributed by atoms with E-state index in [1.807, 2.05) is 0 Å². The Balaban J connectivity index is 3.00. The van der Waals surface area contributed by atoms with Crippen LogP contribution in [-0.2, 0) is 0 Å². The molecule has 1 heterocycles. The first-order valence-electron chi connectivity index (χ1n) is 4.07. The number of hydrogen-bond acceptors (Lipinski definition) is 4. The standard InChI is InChI=1S/C10H8N2O2/c11-7-4-5-8-6(10(7)14)2-1-3-9(13)12-8/h1-5,14H,11H2. The zero-order valence-electron chi connectivity index (χ0n) is 7.27. The molecule has 0 aliphatic heterocycles. The molecule has 0 atom stereocenters. The lowest BCUT2D eigenvalue weighted by molar-refractivity contribution is 0.484. The number of benzene rings is 1. The molecule has 0 unspecified atom stereocenters. The number of phenolic OH excluding ortho intramolecular Hbond substituents is 1. The molecule has 0 radical (unpaired) electrons. The van der Waals surface area contributed by atoms with Gasteiger partial charge in [-0.05, 0) is 18.2 Å². The number of nitrogens with zero attached hydrogens (tertiary/aromatic N) is 1. The van der Waals surface area contributed by atoms with E-state index in [2.05, 4.69) is 4.98 Å². The molecule has 2 aromatic rings. The average Bonchev–Trinajstić information content (AvgIpc) is 2.34. The van der Waals surface area contributed by atoms with Gasteiger partial charge in [0.15, 0.2) is 0 Å². The van der Waals surface area contributed by atoms with Crippen molar-refractivity contribution in [3.63, 3.8) is 0 Å². The number of nitrogens with two attached hydrogens (primary N) is 1. The van der Waals surface area contributed by atoms with Crippen molar-refractivity contribution in [1.82, 2.24) is 4.98 Å². The Kier molecular flexibility index (Phi) is 1.81. The highest BCUT2D eigenvalue weighted by molar-refractivity contribution is 5.89. The average molecular weight is 188 g/mol. The summed E-state index contributed by atoms with van der Waals surface area (Å²) in [6, 6.07) is 7.60. The molecule has 2 rings (SSSR count). The Bertz CT molecular complexity index is 552. The van der Waals surface area contributed by atoms with Crippen molar-refractivity contribution in [3.05, 3.63) is 40.7 Å². The molecule has 70 valence electrons. The van der Waals surface area contributed by atoms with E-state index in [1.54, 1.807) is 12.1 Å². The molecule has 0 bridgehead atoms. The molecule has 3 N–H and O–H groups in total. The number of rotatable bonds is 0. The van der Waals surface area contributed by atoms with Crippen LogP contribution in [0.2, 0.25) is 0 Å². The minimum absolute atomic E-state index is 0.0365. The van der Waals surface area contributed by atoms with E-state index in [4.69, 9.17) is 5.73 Å². The molecule has 0 saturated carbocycles. The molecule has 1 aromatic heterocycles. The van der Waals surface area contributed by atoms with Crippen molar-refractivity contribution in [2.45, 2.75) is 0 Å². The maximum absolute atomic E-state index is 11.1. The van der Waals surface area contributed by atoms with Gasteiger partial charge < -0.3 is 10.8 Å². The third kappa shape index (κ3) is 1.26. The summed E-state index contributed by atoms with van der Waals surface area (Å²) in [6.07, 6.45) is 0. The lowest BCUT2D eigenvalue weighted by Crippen LogP contribution is -1.98. The van der Waals surface area contributed by atoms with Crippen LogP contribution in [0, 0.1) is 0 Å². The third-order valence-corrected chi connectivity index (χ3v) is 1.96. The number of aromatic hydroxyl groups is 1. The van der Waals surface area contributed by atoms with E-state index in [-0.39, 0.29) is 17.0 Å². The minimum Gasteiger partial charge on any atom is -0.505 e. The van der Waals surface area contributed by atoms with Gasteiger partial charge in [0.05, 0.1) is 11.2 Å². The van der Waals surface area contributed by atoms with Crippen molar-refractivity contribution < 1.29 is 5.11 Å². The van der Waals surface area contributed by atoms with Crippen molar-refractivity contribution in [2.24, 2.45) is 0 Å². The summed E-state index contributed by atoms with van der Waals surface area (Å²) in [5.74, 6) is -0.0365. The second-order valence-corrected chi connectivity index (χ2v) is 2.91. The topological polar surface area (TPSA) is 76.2 Å². The monoisotopic (exact) mass is 188 g/mol. The van der Waals surface area contributed by atoms with Gasteiger partial charge in [0, 0.05) is 11.5 Å². The van der Waals surface area contributed by atoms with Gasteiger partial charge in [-0.3, -0.25) is 4.79 Å². The van der Waals surface area contributed by atoms with E-state index < -0.39 is 0 Å². The van der Waals surface area contributed by atoms with Crippen molar-refractivity contribution >= 4 is 16.6 Å². The zero-order chi connectivity index (χ0) is 10.1. The Morgan fingerprint density at radius 3 is 2.79 bits per heavy atom. The maximum Gasteiger partial charge on any atom is 0.270 e. The van der Waals surface area contributed by atoms with Gasteiger partial charge in [-0.25, -0.2) is 4.98 Å². The Hall–Kier alpha value is -2.10. The quantitative estimate of drug-likeness (QED) is 0.475. The number of fused-ring (bicyclic) bond motifs is 1. The highest BCUT2D eigenvalue weighted by Crippen LogP contribution is 2.27. The fourth-order valence-corrected chi connectivity index (χ4v) is 1.26. The van der Waals surface area contributed by atoms with Gasteiger partial charge in [0.25, 0.3) is 5.56 Å². The van der Waals surface area contributed by atoms with Gasteiger partial charge in [-0.15, -0.1) is 0 Å². The highest BCUT2D eigenvalue weighted by atomic mass is 16.3. The normalized spacial score (nSPS) is 10.3. The van der Waals surface area contributed by atoms with Gasteiger partial charge in [0.1, 0.15) is 5.75 Å². The fraction of sp³-hybridized carbons (Fsp3) is 0. The molecule has 4 nitrogen and oxygen atoms in total. The van der Waals surface area contributed by atoms with Crippen LogP contribution in [0.25, 0.3) is 10.9 Å². The van der Waals surface area contributed by atoms with Crippen molar-refractivity contribution in [2.75, 3.05) is 5.73 Å². The summed E-state index contributed by atoms with van der Waals surface area (Å²) in [4.78, 5) is 14.8. The summed E-state index contributed by atoms with van der Waals surface area (Å²) in [6.45, 7) is 0. The SMILES string of the molecule is Nc1ccc2nc(=O)cccc2c1O. The highest BCUT2D eigenvalue weighted by Gasteiger charge is 2.02. The van der Waals surface area contributed by atoms with E-state index in [0.29, 0.717) is 10.9 Å². The Morgan fingerprint density at radius 1 is 1.21 bits per heavy atom. The van der Waals surface area contributed by atoms with Crippen LogP contribution >= 0.6 is 0 Å². The molecule has 0 aliphatic carbocycles. The molecule has 0 amide bonds. The maximum atomic E-state index is 11.1. The first kappa shape index (κ1) is 8.50. The molecule has 0 fully saturated rings. The first-order chi connectivity index (χ1) is 6.68. The molecule has 1 aromatic carbocycles. The summed E-state index contributed by atoms with van der Waals surface area (Å²) >= 11 is 0. The molecule has 4 heteroatoms. The van der Waals surface area contributed by atoms with E-state index >= 15 is 0 Å². The summed E-state index contributed by atoms with van der Waals surface area (Å²) in [5.41, 5.74) is 5.88.